The van der Waals surface area contributed by atoms with Crippen LogP contribution in [0.1, 0.15) is 68.2 Å². The van der Waals surface area contributed by atoms with Gasteiger partial charge in [0.25, 0.3) is 5.95 Å². The summed E-state index contributed by atoms with van der Waals surface area (Å²) in [6.45, 7) is 6.09. The van der Waals surface area contributed by atoms with Gasteiger partial charge in [-0.15, -0.1) is 10.2 Å². The molecule has 0 aliphatic heterocycles. The zero-order chi connectivity index (χ0) is 27.7. The number of aromatic nitrogens is 7. The Balaban J connectivity index is 1.42. The Morgan fingerprint density at radius 3 is 2.59 bits per heavy atom. The lowest BCUT2D eigenvalue weighted by atomic mass is 9.66. The lowest BCUT2D eigenvalue weighted by Gasteiger charge is -2.37. The van der Waals surface area contributed by atoms with Gasteiger partial charge in [-0.25, -0.2) is 32.2 Å². The number of sulfone groups is 1. The van der Waals surface area contributed by atoms with E-state index in [1.165, 1.54) is 35.5 Å². The molecule has 9 nitrogen and oxygen atoms in total. The van der Waals surface area contributed by atoms with Crippen molar-refractivity contribution in [3.63, 3.8) is 0 Å². The van der Waals surface area contributed by atoms with Crippen molar-refractivity contribution in [2.75, 3.05) is 12.0 Å². The highest BCUT2D eigenvalue weighted by Crippen LogP contribution is 2.69. The fourth-order valence-electron chi connectivity index (χ4n) is 6.58. The molecule has 202 valence electrons. The smallest absolute Gasteiger partial charge is 0.229 e. The molecule has 4 aromatic rings. The second-order valence-electron chi connectivity index (χ2n) is 11.1. The van der Waals surface area contributed by atoms with Crippen molar-refractivity contribution in [3.05, 3.63) is 77.3 Å². The number of hydrogen-bond donors (Lipinski definition) is 0. The molecule has 12 heteroatoms. The molecule has 3 heterocycles. The van der Waals surface area contributed by atoms with Crippen LogP contribution in [0.2, 0.25) is 0 Å². The minimum absolute atomic E-state index is 0.0647. The summed E-state index contributed by atoms with van der Waals surface area (Å²) in [6, 6.07) is 7.38. The fourth-order valence-corrected chi connectivity index (χ4v) is 7.64. The van der Waals surface area contributed by atoms with Crippen LogP contribution in [0, 0.1) is 17.0 Å². The molecule has 1 saturated carbocycles. The molecule has 2 bridgehead atoms. The number of fused-ring (bicyclic) bond motifs is 5. The van der Waals surface area contributed by atoms with Crippen LogP contribution in [-0.2, 0) is 15.3 Å². The van der Waals surface area contributed by atoms with Gasteiger partial charge in [0.15, 0.2) is 5.82 Å². The molecule has 6 rings (SSSR count). The fraction of sp³-hybridized carbons (Fsp3) is 0.407. The predicted octanol–water partition coefficient (Wildman–Crippen LogP) is 4.14. The van der Waals surface area contributed by atoms with E-state index in [0.29, 0.717) is 11.8 Å². The van der Waals surface area contributed by atoms with Crippen molar-refractivity contribution >= 4 is 9.84 Å². The third-order valence-corrected chi connectivity index (χ3v) is 9.49. The van der Waals surface area contributed by atoms with Crippen LogP contribution in [0.5, 0.6) is 0 Å². The number of halogens is 2. The Labute approximate surface area is 224 Å². The van der Waals surface area contributed by atoms with Gasteiger partial charge in [0.1, 0.15) is 27.8 Å². The molecule has 1 aromatic carbocycles. The lowest BCUT2D eigenvalue weighted by molar-refractivity contribution is 0.242. The summed E-state index contributed by atoms with van der Waals surface area (Å²) in [5, 5.41) is 13.3. The molecular weight excluding hydrogens is 524 g/mol. The van der Waals surface area contributed by atoms with E-state index in [2.05, 4.69) is 39.1 Å². The molecule has 0 amide bonds. The van der Waals surface area contributed by atoms with Crippen LogP contribution < -0.4 is 0 Å². The molecule has 0 saturated heterocycles. The van der Waals surface area contributed by atoms with Gasteiger partial charge in [0.2, 0.25) is 0 Å². The first kappa shape index (κ1) is 25.6. The summed E-state index contributed by atoms with van der Waals surface area (Å²) >= 11 is 0. The number of benzene rings is 1. The van der Waals surface area contributed by atoms with Crippen molar-refractivity contribution in [2.45, 2.75) is 50.9 Å². The van der Waals surface area contributed by atoms with Crippen LogP contribution in [0.4, 0.5) is 8.78 Å². The molecule has 0 radical (unpaired) electrons. The maximum atomic E-state index is 14.5. The maximum Gasteiger partial charge on any atom is 0.252 e. The topological polar surface area (TPSA) is 116 Å². The third kappa shape index (κ3) is 3.87. The normalized spacial score (nSPS) is 22.2. The van der Waals surface area contributed by atoms with E-state index in [1.54, 1.807) is 19.2 Å². The summed E-state index contributed by atoms with van der Waals surface area (Å²) in [5.41, 5.74) is 1.53. The maximum absolute atomic E-state index is 14.5. The Morgan fingerprint density at radius 2 is 1.87 bits per heavy atom. The lowest BCUT2D eigenvalue weighted by Crippen LogP contribution is -2.38. The van der Waals surface area contributed by atoms with Gasteiger partial charge in [0.05, 0.1) is 33.8 Å². The van der Waals surface area contributed by atoms with E-state index in [0.717, 1.165) is 29.8 Å². The van der Waals surface area contributed by atoms with Crippen molar-refractivity contribution in [2.24, 2.45) is 5.41 Å². The molecule has 3 aromatic heterocycles. The van der Waals surface area contributed by atoms with E-state index in [1.807, 2.05) is 6.07 Å². The number of rotatable bonds is 6. The highest BCUT2D eigenvalue weighted by Gasteiger charge is 2.65. The average molecular weight is 552 g/mol. The Kier molecular flexibility index (Phi) is 5.69. The first-order valence-corrected chi connectivity index (χ1v) is 14.7. The van der Waals surface area contributed by atoms with Crippen molar-refractivity contribution < 1.29 is 17.2 Å². The first-order chi connectivity index (χ1) is 18.4. The van der Waals surface area contributed by atoms with Gasteiger partial charge in [0, 0.05) is 18.4 Å². The quantitative estimate of drug-likeness (QED) is 0.351. The van der Waals surface area contributed by atoms with Gasteiger partial charge in [-0.2, -0.15) is 9.78 Å². The van der Waals surface area contributed by atoms with E-state index in [4.69, 9.17) is 4.98 Å². The van der Waals surface area contributed by atoms with Crippen LogP contribution in [-0.4, -0.2) is 55.4 Å². The molecule has 2 aliphatic carbocycles. The Morgan fingerprint density at radius 1 is 1.13 bits per heavy atom. The molecule has 3 atom stereocenters. The zero-order valence-electron chi connectivity index (χ0n) is 21.9. The SMILES string of the molecule is C[C@@H](CS(C)(=O)=O)c1ncn(-c2nccc([C@@]34CC[C@@H](c5cc(-c6c(F)cccc6F)nnc53)C4(C)C)n2)n1. The van der Waals surface area contributed by atoms with Crippen molar-refractivity contribution in [1.29, 1.82) is 0 Å². The molecule has 1 fully saturated rings. The molecule has 0 N–H and O–H groups in total. The zero-order valence-corrected chi connectivity index (χ0v) is 22.7. The van der Waals surface area contributed by atoms with Gasteiger partial charge >= 0.3 is 0 Å². The van der Waals surface area contributed by atoms with Gasteiger partial charge in [-0.3, -0.25) is 0 Å². The standard InChI is InChI=1S/C27H27F2N7O2S/c1-15(13-39(4,37)38)24-31-14-36(35-24)25-30-11-9-21(32-25)27-10-8-17(26(27,2)3)16-12-20(33-34-23(16)27)22-18(28)6-5-7-19(22)29/h5-7,9,11-12,14-15,17H,8,10,13H2,1-4H3/t15-,17-,27-/m0/s1. The Bertz CT molecular complexity index is 1700. The van der Waals surface area contributed by atoms with Crippen LogP contribution in [0.25, 0.3) is 17.2 Å². The summed E-state index contributed by atoms with van der Waals surface area (Å²) < 4.78 is 54.0. The highest BCUT2D eigenvalue weighted by atomic mass is 32.2. The molecule has 39 heavy (non-hydrogen) atoms. The summed E-state index contributed by atoms with van der Waals surface area (Å²) in [7, 11) is -3.19. The molecule has 0 unspecified atom stereocenters. The van der Waals surface area contributed by atoms with Crippen molar-refractivity contribution in [3.8, 4) is 17.2 Å². The van der Waals surface area contributed by atoms with Gasteiger partial charge in [-0.1, -0.05) is 26.8 Å². The second kappa shape index (κ2) is 8.67. The molecule has 0 spiro atoms. The van der Waals surface area contributed by atoms with Crippen molar-refractivity contribution in [1.82, 2.24) is 34.9 Å². The largest absolute Gasteiger partial charge is 0.252 e. The van der Waals surface area contributed by atoms with E-state index in [9.17, 15) is 17.2 Å². The summed E-state index contributed by atoms with van der Waals surface area (Å²) in [5.74, 6) is -1.02. The molecule has 2 aliphatic rings. The summed E-state index contributed by atoms with van der Waals surface area (Å²) in [4.78, 5) is 13.6. The van der Waals surface area contributed by atoms with Crippen LogP contribution >= 0.6 is 0 Å². The second-order valence-corrected chi connectivity index (χ2v) is 13.3. The van der Waals surface area contributed by atoms with Gasteiger partial charge in [-0.05, 0) is 54.0 Å². The Hall–Kier alpha value is -3.67. The molecular formula is C27H27F2N7O2S. The monoisotopic (exact) mass is 551 g/mol. The summed E-state index contributed by atoms with van der Waals surface area (Å²) in [6.07, 6.45) is 5.96. The van der Waals surface area contributed by atoms with E-state index in [-0.39, 0.29) is 34.3 Å². The number of nitrogens with zero attached hydrogens (tertiary/aromatic N) is 7. The minimum atomic E-state index is -3.19. The average Bonchev–Trinajstić information content (AvgIpc) is 3.52. The van der Waals surface area contributed by atoms with Crippen LogP contribution in [0.3, 0.4) is 0 Å². The third-order valence-electron chi connectivity index (χ3n) is 8.39. The van der Waals surface area contributed by atoms with Crippen LogP contribution in [0.15, 0.2) is 42.9 Å². The highest BCUT2D eigenvalue weighted by molar-refractivity contribution is 7.90. The predicted molar refractivity (Wildman–Crippen MR) is 139 cm³/mol. The van der Waals surface area contributed by atoms with E-state index >= 15 is 0 Å². The van der Waals surface area contributed by atoms with E-state index < -0.39 is 26.9 Å². The minimum Gasteiger partial charge on any atom is -0.229 e. The van der Waals surface area contributed by atoms with Gasteiger partial charge < -0.3 is 0 Å². The number of hydrogen-bond acceptors (Lipinski definition) is 8. The first-order valence-electron chi connectivity index (χ1n) is 12.7.